The fraction of sp³-hybridized carbons (Fsp3) is 0.600. The van der Waals surface area contributed by atoms with Crippen molar-refractivity contribution in [2.75, 3.05) is 27.2 Å². The molecule has 1 aromatic carbocycles. The number of nitrogens with one attached hydrogen (secondary N) is 1. The van der Waals surface area contributed by atoms with Crippen LogP contribution in [0.2, 0.25) is 0 Å². The van der Waals surface area contributed by atoms with E-state index in [2.05, 4.69) is 56.2 Å². The van der Waals surface area contributed by atoms with E-state index >= 15 is 0 Å². The third-order valence-corrected chi connectivity index (χ3v) is 2.91. The van der Waals surface area contributed by atoms with Gasteiger partial charge in [0, 0.05) is 13.1 Å². The fourth-order valence-electron chi connectivity index (χ4n) is 2.48. The molecule has 0 aromatic heterocycles. The SMILES string of the molecule is CNCC(C)CN(C)Cc1cc(C)cc(C)c1. The summed E-state index contributed by atoms with van der Waals surface area (Å²) in [6.07, 6.45) is 0. The van der Waals surface area contributed by atoms with Gasteiger partial charge in [-0.15, -0.1) is 0 Å². The van der Waals surface area contributed by atoms with E-state index in [1.807, 2.05) is 7.05 Å². The third-order valence-electron chi connectivity index (χ3n) is 2.91. The monoisotopic (exact) mass is 234 g/mol. The van der Waals surface area contributed by atoms with Crippen LogP contribution in [0.15, 0.2) is 18.2 Å². The van der Waals surface area contributed by atoms with Crippen molar-refractivity contribution in [1.29, 1.82) is 0 Å². The second kappa shape index (κ2) is 6.77. The average Bonchev–Trinajstić information content (AvgIpc) is 2.14. The maximum Gasteiger partial charge on any atom is 0.0231 e. The predicted molar refractivity (Wildman–Crippen MR) is 75.3 cm³/mol. The molecular weight excluding hydrogens is 208 g/mol. The molecular formula is C15H26N2. The Morgan fingerprint density at radius 3 is 2.29 bits per heavy atom. The molecule has 1 aromatic rings. The minimum atomic E-state index is 0.691. The van der Waals surface area contributed by atoms with Crippen LogP contribution in [0, 0.1) is 19.8 Å². The molecule has 0 bridgehead atoms. The highest BCUT2D eigenvalue weighted by Gasteiger charge is 2.06. The van der Waals surface area contributed by atoms with E-state index < -0.39 is 0 Å². The fourth-order valence-corrected chi connectivity index (χ4v) is 2.48. The third kappa shape index (κ3) is 5.33. The van der Waals surface area contributed by atoms with E-state index in [-0.39, 0.29) is 0 Å². The van der Waals surface area contributed by atoms with Gasteiger partial charge in [-0.2, -0.15) is 0 Å². The van der Waals surface area contributed by atoms with Crippen molar-refractivity contribution < 1.29 is 0 Å². The van der Waals surface area contributed by atoms with Gasteiger partial charge in [-0.25, -0.2) is 0 Å². The van der Waals surface area contributed by atoms with Crippen LogP contribution < -0.4 is 5.32 Å². The Kier molecular flexibility index (Phi) is 5.66. The molecule has 0 aliphatic rings. The number of benzene rings is 1. The first-order valence-electron chi connectivity index (χ1n) is 6.41. The van der Waals surface area contributed by atoms with E-state index in [1.54, 1.807) is 0 Å². The van der Waals surface area contributed by atoms with E-state index in [4.69, 9.17) is 0 Å². The van der Waals surface area contributed by atoms with Crippen LogP contribution in [0.4, 0.5) is 0 Å². The molecule has 17 heavy (non-hydrogen) atoms. The highest BCUT2D eigenvalue weighted by atomic mass is 15.1. The van der Waals surface area contributed by atoms with Crippen LogP contribution in [0.3, 0.4) is 0 Å². The molecule has 0 amide bonds. The minimum Gasteiger partial charge on any atom is -0.319 e. The molecule has 1 unspecified atom stereocenters. The van der Waals surface area contributed by atoms with Crippen LogP contribution in [0.5, 0.6) is 0 Å². The van der Waals surface area contributed by atoms with Gasteiger partial charge < -0.3 is 10.2 Å². The Bertz CT molecular complexity index is 327. The summed E-state index contributed by atoms with van der Waals surface area (Å²) in [6.45, 7) is 9.87. The lowest BCUT2D eigenvalue weighted by atomic mass is 10.1. The van der Waals surface area contributed by atoms with Gasteiger partial charge in [0.05, 0.1) is 0 Å². The van der Waals surface area contributed by atoms with Gasteiger partial charge in [0.25, 0.3) is 0 Å². The Morgan fingerprint density at radius 2 is 1.76 bits per heavy atom. The zero-order valence-electron chi connectivity index (χ0n) is 11.9. The summed E-state index contributed by atoms with van der Waals surface area (Å²) in [7, 11) is 4.21. The lowest BCUT2D eigenvalue weighted by molar-refractivity contribution is 0.276. The van der Waals surface area contributed by atoms with Crippen molar-refractivity contribution in [2.24, 2.45) is 5.92 Å². The van der Waals surface area contributed by atoms with Crippen molar-refractivity contribution in [1.82, 2.24) is 10.2 Å². The lowest BCUT2D eigenvalue weighted by Gasteiger charge is -2.21. The summed E-state index contributed by atoms with van der Waals surface area (Å²) in [5.41, 5.74) is 4.13. The van der Waals surface area contributed by atoms with Gasteiger partial charge in [-0.3, -0.25) is 0 Å². The first kappa shape index (κ1) is 14.2. The van der Waals surface area contributed by atoms with E-state index in [0.29, 0.717) is 5.92 Å². The van der Waals surface area contributed by atoms with Gasteiger partial charge >= 0.3 is 0 Å². The molecule has 2 heteroatoms. The van der Waals surface area contributed by atoms with Gasteiger partial charge in [0.15, 0.2) is 0 Å². The number of nitrogens with zero attached hydrogens (tertiary/aromatic N) is 1. The first-order chi connectivity index (χ1) is 8.01. The molecule has 1 atom stereocenters. The molecule has 2 nitrogen and oxygen atoms in total. The molecule has 0 fully saturated rings. The normalized spacial score (nSPS) is 13.1. The lowest BCUT2D eigenvalue weighted by Crippen LogP contribution is -2.29. The van der Waals surface area contributed by atoms with Crippen molar-refractivity contribution in [2.45, 2.75) is 27.3 Å². The Hall–Kier alpha value is -0.860. The quantitative estimate of drug-likeness (QED) is 0.814. The van der Waals surface area contributed by atoms with E-state index in [1.165, 1.54) is 16.7 Å². The van der Waals surface area contributed by atoms with E-state index in [9.17, 15) is 0 Å². The zero-order valence-corrected chi connectivity index (χ0v) is 11.9. The Labute approximate surface area is 106 Å². The topological polar surface area (TPSA) is 15.3 Å². The van der Waals surface area contributed by atoms with Gasteiger partial charge in [0.1, 0.15) is 0 Å². The standard InChI is InChI=1S/C15H26N2/c1-12-6-13(2)8-15(7-12)11-17(5)10-14(3)9-16-4/h6-8,14,16H,9-11H2,1-5H3. The summed E-state index contributed by atoms with van der Waals surface area (Å²) in [5, 5.41) is 3.23. The highest BCUT2D eigenvalue weighted by molar-refractivity contribution is 5.28. The van der Waals surface area contributed by atoms with Crippen LogP contribution in [0.25, 0.3) is 0 Å². The largest absolute Gasteiger partial charge is 0.319 e. The summed E-state index contributed by atoms with van der Waals surface area (Å²) < 4.78 is 0. The number of rotatable bonds is 6. The van der Waals surface area contributed by atoms with E-state index in [0.717, 1.165) is 19.6 Å². The predicted octanol–water partition coefficient (Wildman–Crippen LogP) is 2.59. The smallest absolute Gasteiger partial charge is 0.0231 e. The molecule has 0 aliphatic carbocycles. The molecule has 0 spiro atoms. The second-order valence-electron chi connectivity index (χ2n) is 5.36. The van der Waals surface area contributed by atoms with Crippen molar-refractivity contribution >= 4 is 0 Å². The van der Waals surface area contributed by atoms with Crippen LogP contribution >= 0.6 is 0 Å². The molecule has 1 rings (SSSR count). The van der Waals surface area contributed by atoms with Crippen LogP contribution in [-0.4, -0.2) is 32.1 Å². The number of hydrogen-bond donors (Lipinski definition) is 1. The average molecular weight is 234 g/mol. The van der Waals surface area contributed by atoms with Crippen molar-refractivity contribution in [3.05, 3.63) is 34.9 Å². The maximum absolute atomic E-state index is 3.23. The summed E-state index contributed by atoms with van der Waals surface area (Å²) >= 11 is 0. The number of aryl methyl sites for hydroxylation is 2. The molecule has 0 heterocycles. The first-order valence-corrected chi connectivity index (χ1v) is 6.41. The summed E-state index contributed by atoms with van der Waals surface area (Å²) in [4.78, 5) is 2.40. The maximum atomic E-state index is 3.23. The van der Waals surface area contributed by atoms with Crippen molar-refractivity contribution in [3.8, 4) is 0 Å². The summed E-state index contributed by atoms with van der Waals surface area (Å²) in [5.74, 6) is 0.691. The molecule has 1 N–H and O–H groups in total. The molecule has 0 radical (unpaired) electrons. The Morgan fingerprint density at radius 1 is 1.18 bits per heavy atom. The van der Waals surface area contributed by atoms with Gasteiger partial charge in [-0.1, -0.05) is 36.2 Å². The Balaban J connectivity index is 2.52. The molecule has 0 saturated carbocycles. The van der Waals surface area contributed by atoms with Gasteiger partial charge in [0.2, 0.25) is 0 Å². The minimum absolute atomic E-state index is 0.691. The van der Waals surface area contributed by atoms with Crippen LogP contribution in [0.1, 0.15) is 23.6 Å². The molecule has 96 valence electrons. The van der Waals surface area contributed by atoms with Crippen molar-refractivity contribution in [3.63, 3.8) is 0 Å². The van der Waals surface area contributed by atoms with Crippen LogP contribution in [-0.2, 0) is 6.54 Å². The molecule has 0 aliphatic heterocycles. The zero-order chi connectivity index (χ0) is 12.8. The van der Waals surface area contributed by atoms with Gasteiger partial charge in [-0.05, 0) is 46.0 Å². The highest BCUT2D eigenvalue weighted by Crippen LogP contribution is 2.11. The second-order valence-corrected chi connectivity index (χ2v) is 5.36. The molecule has 0 saturated heterocycles. The number of hydrogen-bond acceptors (Lipinski definition) is 2. The summed E-state index contributed by atoms with van der Waals surface area (Å²) in [6, 6.07) is 6.80.